The van der Waals surface area contributed by atoms with Crippen LogP contribution in [0.25, 0.3) is 0 Å². The first-order valence-electron chi connectivity index (χ1n) is 6.44. The molecule has 0 radical (unpaired) electrons. The van der Waals surface area contributed by atoms with Crippen molar-refractivity contribution in [1.29, 1.82) is 0 Å². The zero-order chi connectivity index (χ0) is 14.3. The number of hydrogen-bond donors (Lipinski definition) is 2. The van der Waals surface area contributed by atoms with Crippen molar-refractivity contribution in [1.82, 2.24) is 9.78 Å². The van der Waals surface area contributed by atoms with E-state index in [0.29, 0.717) is 12.2 Å². The fourth-order valence-electron chi connectivity index (χ4n) is 2.73. The van der Waals surface area contributed by atoms with Gasteiger partial charge in [-0.3, -0.25) is 4.68 Å². The van der Waals surface area contributed by atoms with Crippen LogP contribution in [-0.2, 0) is 20.0 Å². The highest BCUT2D eigenvalue weighted by atomic mass is 16.4. The van der Waals surface area contributed by atoms with Gasteiger partial charge in [0.15, 0.2) is 0 Å². The normalized spacial score (nSPS) is 13.6. The van der Waals surface area contributed by atoms with Gasteiger partial charge >= 0.3 is 5.97 Å². The maximum atomic E-state index is 11.2. The fourth-order valence-corrected chi connectivity index (χ4v) is 2.73. The molecule has 20 heavy (non-hydrogen) atoms. The number of anilines is 2. The molecule has 0 atom stereocenters. The highest BCUT2D eigenvalue weighted by Gasteiger charge is 2.24. The minimum Gasteiger partial charge on any atom is -0.478 e. The SMILES string of the molecule is Cn1ncc(C(=O)O)c1CN1CCc2cccc(N)c21. The van der Waals surface area contributed by atoms with Gasteiger partial charge in [0, 0.05) is 13.6 Å². The number of nitrogen functional groups attached to an aromatic ring is 1. The number of aromatic nitrogens is 2. The van der Waals surface area contributed by atoms with Crippen LogP contribution in [0.4, 0.5) is 11.4 Å². The van der Waals surface area contributed by atoms with Gasteiger partial charge in [0.1, 0.15) is 5.56 Å². The number of para-hydroxylation sites is 1. The van der Waals surface area contributed by atoms with Gasteiger partial charge in [0.05, 0.1) is 29.8 Å². The zero-order valence-electron chi connectivity index (χ0n) is 11.2. The van der Waals surface area contributed by atoms with Crippen LogP contribution in [0.15, 0.2) is 24.4 Å². The summed E-state index contributed by atoms with van der Waals surface area (Å²) in [5.74, 6) is -0.950. The predicted octanol–water partition coefficient (Wildman–Crippen LogP) is 1.26. The summed E-state index contributed by atoms with van der Waals surface area (Å²) in [5.41, 5.74) is 9.95. The number of nitrogens with two attached hydrogens (primary N) is 1. The van der Waals surface area contributed by atoms with Crippen LogP contribution in [0.1, 0.15) is 21.6 Å². The summed E-state index contributed by atoms with van der Waals surface area (Å²) in [6.45, 7) is 1.34. The molecule has 6 nitrogen and oxygen atoms in total. The van der Waals surface area contributed by atoms with E-state index in [4.69, 9.17) is 5.73 Å². The van der Waals surface area contributed by atoms with Gasteiger partial charge < -0.3 is 15.7 Å². The van der Waals surface area contributed by atoms with Crippen molar-refractivity contribution in [2.45, 2.75) is 13.0 Å². The van der Waals surface area contributed by atoms with Gasteiger partial charge in [0.2, 0.25) is 0 Å². The highest BCUT2D eigenvalue weighted by Crippen LogP contribution is 2.34. The summed E-state index contributed by atoms with van der Waals surface area (Å²) >= 11 is 0. The predicted molar refractivity (Wildman–Crippen MR) is 75.8 cm³/mol. The molecule has 1 aromatic heterocycles. The van der Waals surface area contributed by atoms with E-state index in [2.05, 4.69) is 16.1 Å². The number of fused-ring (bicyclic) bond motifs is 1. The van der Waals surface area contributed by atoms with E-state index in [9.17, 15) is 9.90 Å². The second-order valence-electron chi connectivity index (χ2n) is 4.96. The van der Waals surface area contributed by atoms with Gasteiger partial charge in [-0.15, -0.1) is 0 Å². The summed E-state index contributed by atoms with van der Waals surface area (Å²) < 4.78 is 1.61. The number of carbonyl (C=O) groups is 1. The number of rotatable bonds is 3. The summed E-state index contributed by atoms with van der Waals surface area (Å²) in [6, 6.07) is 5.88. The average molecular weight is 272 g/mol. The van der Waals surface area contributed by atoms with E-state index in [1.165, 1.54) is 11.8 Å². The molecule has 6 heteroatoms. The molecule has 104 valence electrons. The molecule has 1 aliphatic heterocycles. The van der Waals surface area contributed by atoms with Crippen molar-refractivity contribution < 1.29 is 9.90 Å². The average Bonchev–Trinajstić information content (AvgIpc) is 2.96. The standard InChI is InChI=1S/C14H16N4O2/c1-17-12(10(7-16-17)14(19)20)8-18-6-5-9-3-2-4-11(15)13(9)18/h2-4,7H,5-6,8,15H2,1H3,(H,19,20). The van der Waals surface area contributed by atoms with Crippen LogP contribution in [0.5, 0.6) is 0 Å². The third-order valence-corrected chi connectivity index (χ3v) is 3.75. The smallest absolute Gasteiger partial charge is 0.339 e. The van der Waals surface area contributed by atoms with Crippen LogP contribution >= 0.6 is 0 Å². The molecule has 3 rings (SSSR count). The molecule has 0 saturated heterocycles. The van der Waals surface area contributed by atoms with Crippen molar-refractivity contribution in [2.24, 2.45) is 7.05 Å². The Balaban J connectivity index is 1.96. The van der Waals surface area contributed by atoms with Gasteiger partial charge in [-0.2, -0.15) is 5.10 Å². The molecule has 0 amide bonds. The Morgan fingerprint density at radius 3 is 3.05 bits per heavy atom. The van der Waals surface area contributed by atoms with Crippen LogP contribution in [-0.4, -0.2) is 27.4 Å². The number of nitrogens with zero attached hydrogens (tertiary/aromatic N) is 3. The van der Waals surface area contributed by atoms with Crippen molar-refractivity contribution in [3.63, 3.8) is 0 Å². The van der Waals surface area contributed by atoms with Gasteiger partial charge in [-0.1, -0.05) is 12.1 Å². The molecule has 0 spiro atoms. The summed E-state index contributed by atoms with van der Waals surface area (Å²) in [7, 11) is 1.76. The van der Waals surface area contributed by atoms with Crippen LogP contribution in [0.2, 0.25) is 0 Å². The van der Waals surface area contributed by atoms with E-state index in [1.807, 2.05) is 12.1 Å². The van der Waals surface area contributed by atoms with Crippen LogP contribution < -0.4 is 10.6 Å². The third kappa shape index (κ3) is 1.89. The molecular formula is C14H16N4O2. The first kappa shape index (κ1) is 12.5. The number of hydrogen-bond acceptors (Lipinski definition) is 4. The van der Waals surface area contributed by atoms with Crippen molar-refractivity contribution in [2.75, 3.05) is 17.2 Å². The molecule has 0 unspecified atom stereocenters. The minimum atomic E-state index is -0.950. The van der Waals surface area contributed by atoms with Crippen molar-refractivity contribution >= 4 is 17.3 Å². The Hall–Kier alpha value is -2.50. The number of carboxylic acids is 1. The van der Waals surface area contributed by atoms with Crippen LogP contribution in [0, 0.1) is 0 Å². The molecule has 0 bridgehead atoms. The lowest BCUT2D eigenvalue weighted by Gasteiger charge is -2.21. The molecule has 1 aliphatic rings. The fraction of sp³-hybridized carbons (Fsp3) is 0.286. The van der Waals surface area contributed by atoms with E-state index < -0.39 is 5.97 Å². The number of carboxylic acid groups (broad SMARTS) is 1. The lowest BCUT2D eigenvalue weighted by molar-refractivity contribution is 0.0695. The number of aryl methyl sites for hydroxylation is 1. The minimum absolute atomic E-state index is 0.246. The van der Waals surface area contributed by atoms with E-state index in [-0.39, 0.29) is 5.56 Å². The molecule has 0 saturated carbocycles. The summed E-state index contributed by atoms with van der Waals surface area (Å²) in [5, 5.41) is 13.2. The maximum Gasteiger partial charge on any atom is 0.339 e. The molecule has 3 N–H and O–H groups in total. The Morgan fingerprint density at radius 1 is 1.50 bits per heavy atom. The van der Waals surface area contributed by atoms with E-state index >= 15 is 0 Å². The Morgan fingerprint density at radius 2 is 2.30 bits per heavy atom. The first-order valence-corrected chi connectivity index (χ1v) is 6.44. The summed E-state index contributed by atoms with van der Waals surface area (Å²) in [6.07, 6.45) is 2.32. The van der Waals surface area contributed by atoms with Crippen molar-refractivity contribution in [3.05, 3.63) is 41.2 Å². The second kappa shape index (κ2) is 4.56. The zero-order valence-corrected chi connectivity index (χ0v) is 11.2. The van der Waals surface area contributed by atoms with Crippen molar-refractivity contribution in [3.8, 4) is 0 Å². The lowest BCUT2D eigenvalue weighted by Crippen LogP contribution is -2.23. The first-order chi connectivity index (χ1) is 9.58. The summed E-state index contributed by atoms with van der Waals surface area (Å²) in [4.78, 5) is 13.3. The van der Waals surface area contributed by atoms with Gasteiger partial charge in [-0.25, -0.2) is 4.79 Å². The largest absolute Gasteiger partial charge is 0.478 e. The Labute approximate surface area is 116 Å². The topological polar surface area (TPSA) is 84.4 Å². The Kier molecular flexibility index (Phi) is 2.85. The van der Waals surface area contributed by atoms with Crippen LogP contribution in [0.3, 0.4) is 0 Å². The second-order valence-corrected chi connectivity index (χ2v) is 4.96. The number of benzene rings is 1. The third-order valence-electron chi connectivity index (χ3n) is 3.75. The Bertz CT molecular complexity index is 678. The molecule has 1 aromatic carbocycles. The molecular weight excluding hydrogens is 256 g/mol. The van der Waals surface area contributed by atoms with E-state index in [0.717, 1.165) is 24.3 Å². The molecule has 2 aromatic rings. The van der Waals surface area contributed by atoms with E-state index in [1.54, 1.807) is 11.7 Å². The molecule has 0 fully saturated rings. The lowest BCUT2D eigenvalue weighted by atomic mass is 10.1. The monoisotopic (exact) mass is 272 g/mol. The van der Waals surface area contributed by atoms with Gasteiger partial charge in [0.25, 0.3) is 0 Å². The van der Waals surface area contributed by atoms with Gasteiger partial charge in [-0.05, 0) is 18.1 Å². The quantitative estimate of drug-likeness (QED) is 0.822. The molecule has 2 heterocycles. The number of aromatic carboxylic acids is 1. The molecule has 0 aliphatic carbocycles. The maximum absolute atomic E-state index is 11.2. The highest BCUT2D eigenvalue weighted by molar-refractivity contribution is 5.88.